The van der Waals surface area contributed by atoms with E-state index < -0.39 is 0 Å². The third-order valence-electron chi connectivity index (χ3n) is 6.28. The number of ether oxygens (including phenoxy) is 1. The Morgan fingerprint density at radius 3 is 2.70 bits per heavy atom. The van der Waals surface area contributed by atoms with Crippen LogP contribution in [-0.2, 0) is 13.0 Å². The second-order valence-electron chi connectivity index (χ2n) is 8.50. The highest BCUT2D eigenvalue weighted by Gasteiger charge is 2.20. The molecule has 0 saturated carbocycles. The number of H-pyrrole nitrogens is 1. The van der Waals surface area contributed by atoms with Crippen LogP contribution in [0, 0.1) is 0 Å². The smallest absolute Gasteiger partial charge is 0.322 e. The molecule has 3 aromatic rings. The molecular formula is C26H32N4O3. The summed E-state index contributed by atoms with van der Waals surface area (Å²) in [5, 5.41) is 3.94. The predicted octanol–water partition coefficient (Wildman–Crippen LogP) is 4.23. The van der Waals surface area contributed by atoms with Gasteiger partial charge in [0, 0.05) is 24.2 Å². The maximum Gasteiger partial charge on any atom is 0.322 e. The highest BCUT2D eigenvalue weighted by molar-refractivity contribution is 5.91. The van der Waals surface area contributed by atoms with Gasteiger partial charge in [0.2, 0.25) is 0 Å². The van der Waals surface area contributed by atoms with Crippen LogP contribution in [0.4, 0.5) is 10.5 Å². The molecule has 1 fully saturated rings. The van der Waals surface area contributed by atoms with Crippen molar-refractivity contribution in [2.24, 2.45) is 0 Å². The SMILES string of the molecule is CCc1ccc2[nH]c(=O)c(CN(CCN3CCCC3)C(=O)Nc3ccccc3OC)cc2c1. The molecular weight excluding hydrogens is 416 g/mol. The van der Waals surface area contributed by atoms with Crippen molar-refractivity contribution in [2.75, 3.05) is 38.6 Å². The zero-order valence-electron chi connectivity index (χ0n) is 19.4. The fourth-order valence-corrected chi connectivity index (χ4v) is 4.31. The molecule has 0 radical (unpaired) electrons. The van der Waals surface area contributed by atoms with Crippen LogP contribution < -0.4 is 15.6 Å². The van der Waals surface area contributed by atoms with Gasteiger partial charge in [-0.3, -0.25) is 4.79 Å². The minimum atomic E-state index is -0.250. The van der Waals surface area contributed by atoms with Crippen molar-refractivity contribution < 1.29 is 9.53 Å². The number of hydrogen-bond donors (Lipinski definition) is 2. The first-order valence-electron chi connectivity index (χ1n) is 11.6. The van der Waals surface area contributed by atoms with Gasteiger partial charge in [-0.2, -0.15) is 0 Å². The number of hydrogen-bond acceptors (Lipinski definition) is 4. The van der Waals surface area contributed by atoms with E-state index in [1.165, 1.54) is 18.4 Å². The van der Waals surface area contributed by atoms with Crippen LogP contribution in [0.2, 0.25) is 0 Å². The van der Waals surface area contributed by atoms with Gasteiger partial charge in [0.1, 0.15) is 5.75 Å². The van der Waals surface area contributed by atoms with Crippen LogP contribution in [0.15, 0.2) is 53.3 Å². The lowest BCUT2D eigenvalue weighted by Crippen LogP contribution is -2.41. The molecule has 2 heterocycles. The lowest BCUT2D eigenvalue weighted by atomic mass is 10.1. The summed E-state index contributed by atoms with van der Waals surface area (Å²) in [6.45, 7) is 5.77. The number of anilines is 1. The van der Waals surface area contributed by atoms with Crippen LogP contribution in [0.1, 0.15) is 30.9 Å². The Kier molecular flexibility index (Phi) is 7.29. The molecule has 7 heteroatoms. The third-order valence-corrected chi connectivity index (χ3v) is 6.28. The van der Waals surface area contributed by atoms with Crippen molar-refractivity contribution in [3.8, 4) is 5.75 Å². The van der Waals surface area contributed by atoms with Gasteiger partial charge in [-0.25, -0.2) is 4.79 Å². The number of aryl methyl sites for hydroxylation is 1. The van der Waals surface area contributed by atoms with Crippen molar-refractivity contribution in [1.29, 1.82) is 0 Å². The largest absolute Gasteiger partial charge is 0.495 e. The third kappa shape index (κ3) is 5.54. The van der Waals surface area contributed by atoms with Crippen molar-refractivity contribution in [2.45, 2.75) is 32.7 Å². The number of carbonyl (C=O) groups excluding carboxylic acids is 1. The average Bonchev–Trinajstić information content (AvgIpc) is 3.35. The van der Waals surface area contributed by atoms with Gasteiger partial charge in [0.05, 0.1) is 19.3 Å². The summed E-state index contributed by atoms with van der Waals surface area (Å²) in [6, 6.07) is 15.1. The van der Waals surface area contributed by atoms with Crippen molar-refractivity contribution in [3.63, 3.8) is 0 Å². The lowest BCUT2D eigenvalue weighted by Gasteiger charge is -2.26. The Balaban J connectivity index is 1.59. The number of likely N-dealkylation sites (tertiary alicyclic amines) is 1. The van der Waals surface area contributed by atoms with Crippen LogP contribution in [0.25, 0.3) is 10.9 Å². The number of benzene rings is 2. The molecule has 2 amide bonds. The first-order chi connectivity index (χ1) is 16.1. The molecule has 1 saturated heterocycles. The molecule has 4 rings (SSSR count). The molecule has 0 spiro atoms. The van der Waals surface area contributed by atoms with E-state index in [2.05, 4.69) is 28.2 Å². The van der Waals surface area contributed by atoms with E-state index in [-0.39, 0.29) is 18.1 Å². The fraction of sp³-hybridized carbons (Fsp3) is 0.385. The van der Waals surface area contributed by atoms with E-state index in [9.17, 15) is 9.59 Å². The van der Waals surface area contributed by atoms with E-state index in [1.54, 1.807) is 12.0 Å². The van der Waals surface area contributed by atoms with E-state index in [1.807, 2.05) is 42.5 Å². The normalized spacial score (nSPS) is 13.9. The molecule has 7 nitrogen and oxygen atoms in total. The minimum absolute atomic E-state index is 0.164. The molecule has 0 atom stereocenters. The molecule has 1 aliphatic rings. The Bertz CT molecular complexity index is 1170. The van der Waals surface area contributed by atoms with Crippen LogP contribution in [0.5, 0.6) is 5.75 Å². The number of rotatable bonds is 8. The van der Waals surface area contributed by atoms with Crippen molar-refractivity contribution in [3.05, 3.63) is 70.0 Å². The minimum Gasteiger partial charge on any atom is -0.495 e. The highest BCUT2D eigenvalue weighted by Crippen LogP contribution is 2.24. The standard InChI is InChI=1S/C26H32N4O3/c1-3-19-10-11-22-20(16-19)17-21(25(31)27-22)18-30(15-14-29-12-6-7-13-29)26(32)28-23-8-4-5-9-24(23)33-2/h4-5,8-11,16-17H,3,6-7,12-15,18H2,1-2H3,(H,27,31)(H,28,32). The molecule has 1 aliphatic heterocycles. The van der Waals surface area contributed by atoms with Crippen LogP contribution in [-0.4, -0.2) is 54.1 Å². The first-order valence-corrected chi connectivity index (χ1v) is 11.6. The number of fused-ring (bicyclic) bond motifs is 1. The van der Waals surface area contributed by atoms with Crippen molar-refractivity contribution >= 4 is 22.6 Å². The number of aromatic nitrogens is 1. The molecule has 1 aromatic heterocycles. The number of aromatic amines is 1. The number of nitrogens with zero attached hydrogens (tertiary/aromatic N) is 2. The fourth-order valence-electron chi connectivity index (χ4n) is 4.31. The van der Waals surface area contributed by atoms with Gasteiger partial charge in [-0.05, 0) is 73.6 Å². The molecule has 2 aromatic carbocycles. The van der Waals surface area contributed by atoms with Gasteiger partial charge in [0.15, 0.2) is 0 Å². The Morgan fingerprint density at radius 1 is 1.15 bits per heavy atom. The van der Waals surface area contributed by atoms with Gasteiger partial charge >= 0.3 is 6.03 Å². The maximum absolute atomic E-state index is 13.3. The summed E-state index contributed by atoms with van der Waals surface area (Å²) < 4.78 is 5.38. The van der Waals surface area contributed by atoms with E-state index in [0.717, 1.165) is 37.0 Å². The number of urea groups is 1. The van der Waals surface area contributed by atoms with Crippen molar-refractivity contribution in [1.82, 2.24) is 14.8 Å². The highest BCUT2D eigenvalue weighted by atomic mass is 16.5. The Morgan fingerprint density at radius 2 is 1.94 bits per heavy atom. The number of amides is 2. The molecule has 0 aliphatic carbocycles. The van der Waals surface area contributed by atoms with Gasteiger partial charge in [-0.1, -0.05) is 25.1 Å². The molecule has 174 valence electrons. The second-order valence-corrected chi connectivity index (χ2v) is 8.50. The maximum atomic E-state index is 13.3. The number of pyridine rings is 1. The number of carbonyl (C=O) groups is 1. The summed E-state index contributed by atoms with van der Waals surface area (Å²) in [5.41, 5.74) is 3.04. The number of para-hydroxylation sites is 2. The average molecular weight is 449 g/mol. The quantitative estimate of drug-likeness (QED) is 0.541. The Labute approximate surface area is 194 Å². The van der Waals surface area contributed by atoms with Gasteiger partial charge in [-0.15, -0.1) is 0 Å². The van der Waals surface area contributed by atoms with E-state index in [0.29, 0.717) is 23.5 Å². The van der Waals surface area contributed by atoms with Gasteiger partial charge in [0.25, 0.3) is 5.56 Å². The molecule has 2 N–H and O–H groups in total. The zero-order valence-corrected chi connectivity index (χ0v) is 19.4. The summed E-state index contributed by atoms with van der Waals surface area (Å²) in [4.78, 5) is 33.2. The van der Waals surface area contributed by atoms with E-state index >= 15 is 0 Å². The van der Waals surface area contributed by atoms with E-state index in [4.69, 9.17) is 4.74 Å². The summed E-state index contributed by atoms with van der Waals surface area (Å²) >= 11 is 0. The Hall–Kier alpha value is -3.32. The number of methoxy groups -OCH3 is 1. The molecule has 33 heavy (non-hydrogen) atoms. The summed E-state index contributed by atoms with van der Waals surface area (Å²) in [5.74, 6) is 0.598. The zero-order chi connectivity index (χ0) is 23.2. The number of nitrogens with one attached hydrogen (secondary N) is 2. The molecule has 0 bridgehead atoms. The van der Waals surface area contributed by atoms with Crippen LogP contribution in [0.3, 0.4) is 0 Å². The molecule has 0 unspecified atom stereocenters. The topological polar surface area (TPSA) is 77.7 Å². The monoisotopic (exact) mass is 448 g/mol. The van der Waals surface area contributed by atoms with Crippen LogP contribution >= 0.6 is 0 Å². The lowest BCUT2D eigenvalue weighted by molar-refractivity contribution is 0.197. The summed E-state index contributed by atoms with van der Waals surface area (Å²) in [7, 11) is 1.58. The predicted molar refractivity (Wildman–Crippen MR) is 132 cm³/mol. The second kappa shape index (κ2) is 10.5. The first kappa shape index (κ1) is 22.9. The summed E-state index contributed by atoms with van der Waals surface area (Å²) in [6.07, 6.45) is 3.31. The van der Waals surface area contributed by atoms with Gasteiger partial charge < -0.3 is 24.8 Å².